The van der Waals surface area contributed by atoms with E-state index in [1.54, 1.807) is 19.1 Å². The number of carbonyl (C=O) groups is 1. The fraction of sp³-hybridized carbons (Fsp3) is 0.682. The molecule has 1 atom stereocenters. The zero-order valence-corrected chi connectivity index (χ0v) is 18.8. The maximum Gasteiger partial charge on any atom is 0.308 e. The molecule has 1 amide bonds. The van der Waals surface area contributed by atoms with Crippen molar-refractivity contribution in [2.45, 2.75) is 91.6 Å². The first-order valence-electron chi connectivity index (χ1n) is 10.6. The molecule has 0 aliphatic rings. The van der Waals surface area contributed by atoms with Gasteiger partial charge in [0.25, 0.3) is 0 Å². The first kappa shape index (κ1) is 24.5. The van der Waals surface area contributed by atoms with E-state index in [0.717, 1.165) is 24.8 Å². The molecule has 0 radical (unpaired) electrons. The lowest BCUT2D eigenvalue weighted by atomic mass is 10.1. The summed E-state index contributed by atoms with van der Waals surface area (Å²) in [6, 6.07) is 7.12. The summed E-state index contributed by atoms with van der Waals surface area (Å²) in [5.74, 6) is 0.432. The van der Waals surface area contributed by atoms with Crippen molar-refractivity contribution in [1.82, 2.24) is 4.90 Å². The first-order chi connectivity index (χ1) is 13.3. The van der Waals surface area contributed by atoms with Crippen molar-refractivity contribution in [3.63, 3.8) is 0 Å². The lowest BCUT2D eigenvalue weighted by Crippen LogP contribution is -2.37. The average Bonchev–Trinajstić information content (AvgIpc) is 2.69. The van der Waals surface area contributed by atoms with Crippen LogP contribution in [0.25, 0.3) is 0 Å². The van der Waals surface area contributed by atoms with Crippen LogP contribution in [0.4, 0.5) is 0 Å². The van der Waals surface area contributed by atoms with Crippen molar-refractivity contribution in [2.75, 3.05) is 5.75 Å². The van der Waals surface area contributed by atoms with Crippen LogP contribution in [0.15, 0.2) is 24.3 Å². The summed E-state index contributed by atoms with van der Waals surface area (Å²) >= 11 is 0. The van der Waals surface area contributed by atoms with Crippen molar-refractivity contribution in [1.29, 1.82) is 0 Å². The summed E-state index contributed by atoms with van der Waals surface area (Å²) in [5, 5.41) is 0. The van der Waals surface area contributed by atoms with Gasteiger partial charge in [0.1, 0.15) is 5.75 Å². The lowest BCUT2D eigenvalue weighted by molar-refractivity contribution is -0.134. The van der Waals surface area contributed by atoms with Gasteiger partial charge >= 0.3 is 10.1 Å². The van der Waals surface area contributed by atoms with Gasteiger partial charge in [-0.1, -0.05) is 58.1 Å². The molecule has 28 heavy (non-hydrogen) atoms. The van der Waals surface area contributed by atoms with Crippen LogP contribution in [-0.4, -0.2) is 31.0 Å². The van der Waals surface area contributed by atoms with Crippen LogP contribution in [0.5, 0.6) is 5.75 Å². The maximum absolute atomic E-state index is 12.8. The van der Waals surface area contributed by atoms with Gasteiger partial charge < -0.3 is 9.08 Å². The Morgan fingerprint density at radius 2 is 1.61 bits per heavy atom. The minimum atomic E-state index is -3.52. The molecule has 0 spiro atoms. The van der Waals surface area contributed by atoms with Gasteiger partial charge in [0, 0.05) is 19.0 Å². The molecule has 1 aromatic carbocycles. The van der Waals surface area contributed by atoms with E-state index in [1.807, 2.05) is 17.0 Å². The van der Waals surface area contributed by atoms with E-state index in [9.17, 15) is 13.2 Å². The highest BCUT2D eigenvalue weighted by molar-refractivity contribution is 7.87. The smallest absolute Gasteiger partial charge is 0.308 e. The fourth-order valence-electron chi connectivity index (χ4n) is 2.96. The second-order valence-electron chi connectivity index (χ2n) is 7.37. The Labute approximate surface area is 171 Å². The van der Waals surface area contributed by atoms with Gasteiger partial charge in [-0.25, -0.2) is 0 Å². The Balaban J connectivity index is 2.64. The van der Waals surface area contributed by atoms with Crippen LogP contribution < -0.4 is 4.18 Å². The lowest BCUT2D eigenvalue weighted by Gasteiger charge is -2.29. The summed E-state index contributed by atoms with van der Waals surface area (Å²) in [7, 11) is -3.52. The highest BCUT2D eigenvalue weighted by Gasteiger charge is 2.19. The molecule has 5 nitrogen and oxygen atoms in total. The maximum atomic E-state index is 12.8. The molecule has 0 bridgehead atoms. The molecule has 0 heterocycles. The van der Waals surface area contributed by atoms with Gasteiger partial charge in [-0.3, -0.25) is 4.79 Å². The van der Waals surface area contributed by atoms with Gasteiger partial charge in [-0.15, -0.1) is 0 Å². The van der Waals surface area contributed by atoms with Crippen LogP contribution in [0, 0.1) is 0 Å². The number of rotatable bonds is 14. The number of carbonyl (C=O) groups excluding carboxylic acids is 1. The molecular weight excluding hydrogens is 374 g/mol. The Hall–Kier alpha value is -1.56. The van der Waals surface area contributed by atoms with Gasteiger partial charge in [0.15, 0.2) is 0 Å². The van der Waals surface area contributed by atoms with Gasteiger partial charge in [-0.2, -0.15) is 8.42 Å². The molecule has 0 saturated heterocycles. The molecular formula is C22H37NO4S. The Bertz CT molecular complexity index is 670. The van der Waals surface area contributed by atoms with Crippen LogP contribution in [0.2, 0.25) is 0 Å². The largest absolute Gasteiger partial charge is 0.382 e. The fourth-order valence-corrected chi connectivity index (χ4v) is 3.49. The third kappa shape index (κ3) is 9.09. The highest BCUT2D eigenvalue weighted by atomic mass is 32.2. The standard InChI is InChI=1S/C22H37NO4S/c1-5-8-9-10-11-12-13-22(24)23(19(4)6-2)18-20-14-16-21(17-15-20)27-28(25,26)7-3/h14-17,19H,5-13,18H2,1-4H3. The highest BCUT2D eigenvalue weighted by Crippen LogP contribution is 2.19. The van der Waals surface area contributed by atoms with E-state index in [4.69, 9.17) is 4.18 Å². The van der Waals surface area contributed by atoms with Crippen LogP contribution in [-0.2, 0) is 21.5 Å². The normalized spacial score (nSPS) is 12.6. The summed E-state index contributed by atoms with van der Waals surface area (Å²) in [6.45, 7) is 8.44. The van der Waals surface area contributed by atoms with Crippen molar-refractivity contribution in [2.24, 2.45) is 0 Å². The molecule has 0 N–H and O–H groups in total. The van der Waals surface area contributed by atoms with Gasteiger partial charge in [-0.05, 0) is 44.4 Å². The van der Waals surface area contributed by atoms with Crippen molar-refractivity contribution < 1.29 is 17.4 Å². The molecule has 1 rings (SSSR count). The zero-order chi connectivity index (χ0) is 21.0. The van der Waals surface area contributed by atoms with E-state index >= 15 is 0 Å². The van der Waals surface area contributed by atoms with Crippen molar-refractivity contribution in [3.8, 4) is 5.75 Å². The predicted octanol–water partition coefficient (Wildman–Crippen LogP) is 5.29. The van der Waals surface area contributed by atoms with Crippen LogP contribution in [0.3, 0.4) is 0 Å². The molecule has 0 aromatic heterocycles. The van der Waals surface area contributed by atoms with E-state index < -0.39 is 10.1 Å². The molecule has 0 aliphatic heterocycles. The Morgan fingerprint density at radius 3 is 2.18 bits per heavy atom. The first-order valence-corrected chi connectivity index (χ1v) is 12.2. The van der Waals surface area contributed by atoms with Gasteiger partial charge in [0.05, 0.1) is 5.75 Å². The number of hydrogen-bond acceptors (Lipinski definition) is 4. The number of benzene rings is 1. The number of hydrogen-bond donors (Lipinski definition) is 0. The summed E-state index contributed by atoms with van der Waals surface area (Å²) in [6.07, 6.45) is 8.50. The van der Waals surface area contributed by atoms with E-state index in [1.165, 1.54) is 25.7 Å². The topological polar surface area (TPSA) is 63.7 Å². The zero-order valence-electron chi connectivity index (χ0n) is 17.9. The molecule has 0 aliphatic carbocycles. The van der Waals surface area contributed by atoms with Crippen LogP contribution >= 0.6 is 0 Å². The third-order valence-electron chi connectivity index (χ3n) is 5.04. The molecule has 160 valence electrons. The predicted molar refractivity (Wildman–Crippen MR) is 115 cm³/mol. The molecule has 1 aromatic rings. The van der Waals surface area contributed by atoms with Crippen LogP contribution in [0.1, 0.15) is 84.6 Å². The van der Waals surface area contributed by atoms with Crippen molar-refractivity contribution in [3.05, 3.63) is 29.8 Å². The van der Waals surface area contributed by atoms with Gasteiger partial charge in [0.2, 0.25) is 5.91 Å². The minimum Gasteiger partial charge on any atom is -0.382 e. The molecule has 0 fully saturated rings. The minimum absolute atomic E-state index is 0.0660. The molecule has 0 saturated carbocycles. The Kier molecular flexibility index (Phi) is 11.2. The third-order valence-corrected chi connectivity index (χ3v) is 6.19. The van der Waals surface area contributed by atoms with E-state index in [0.29, 0.717) is 18.7 Å². The number of amides is 1. The summed E-state index contributed by atoms with van der Waals surface area (Å²) in [4.78, 5) is 14.7. The van der Waals surface area contributed by atoms with E-state index in [-0.39, 0.29) is 17.7 Å². The average molecular weight is 412 g/mol. The monoisotopic (exact) mass is 411 g/mol. The second-order valence-corrected chi connectivity index (χ2v) is 9.23. The summed E-state index contributed by atoms with van der Waals surface area (Å²) in [5.41, 5.74) is 0.970. The SMILES string of the molecule is CCCCCCCCC(=O)N(Cc1ccc(OS(=O)(=O)CC)cc1)C(C)CC. The Morgan fingerprint density at radius 1 is 1.00 bits per heavy atom. The number of nitrogens with zero attached hydrogens (tertiary/aromatic N) is 1. The summed E-state index contributed by atoms with van der Waals surface area (Å²) < 4.78 is 28.1. The van der Waals surface area contributed by atoms with Crippen molar-refractivity contribution >= 4 is 16.0 Å². The number of unbranched alkanes of at least 4 members (excludes halogenated alkanes) is 5. The molecule has 1 unspecified atom stereocenters. The second kappa shape index (κ2) is 12.8. The quantitative estimate of drug-likeness (QED) is 0.308. The van der Waals surface area contributed by atoms with E-state index in [2.05, 4.69) is 20.8 Å². The molecule has 6 heteroatoms.